The molecule has 2 rings (SSSR count). The van der Waals surface area contributed by atoms with Gasteiger partial charge < -0.3 is 0 Å². The highest BCUT2D eigenvalue weighted by Gasteiger charge is 2.14. The molecule has 0 heterocycles. The van der Waals surface area contributed by atoms with Gasteiger partial charge in [0, 0.05) is 7.05 Å². The number of hydrogen-bond donors (Lipinski definition) is 1. The number of carbonyl (C=O) groups is 1. The SMILES string of the molecule is CN(Nc1ccccc1)C(=O)c1ccccc1Cl. The van der Waals surface area contributed by atoms with Crippen molar-refractivity contribution in [3.63, 3.8) is 0 Å². The second kappa shape index (κ2) is 5.56. The molecule has 0 atom stereocenters. The number of hydrazine groups is 1. The van der Waals surface area contributed by atoms with Crippen LogP contribution in [0.25, 0.3) is 0 Å². The first-order chi connectivity index (χ1) is 8.68. The van der Waals surface area contributed by atoms with Gasteiger partial charge in [0.25, 0.3) is 5.91 Å². The lowest BCUT2D eigenvalue weighted by Gasteiger charge is -2.20. The summed E-state index contributed by atoms with van der Waals surface area (Å²) in [5.74, 6) is -0.176. The first-order valence-electron chi connectivity index (χ1n) is 5.53. The van der Waals surface area contributed by atoms with Gasteiger partial charge in [-0.2, -0.15) is 0 Å². The third kappa shape index (κ3) is 2.81. The number of carbonyl (C=O) groups excluding carboxylic acids is 1. The van der Waals surface area contributed by atoms with Gasteiger partial charge in [0.15, 0.2) is 0 Å². The zero-order valence-electron chi connectivity index (χ0n) is 9.93. The summed E-state index contributed by atoms with van der Waals surface area (Å²) in [7, 11) is 1.67. The molecule has 0 aliphatic heterocycles. The fraction of sp³-hybridized carbons (Fsp3) is 0.0714. The van der Waals surface area contributed by atoms with Gasteiger partial charge in [0.1, 0.15) is 0 Å². The molecule has 1 N–H and O–H groups in total. The van der Waals surface area contributed by atoms with E-state index in [1.807, 2.05) is 30.3 Å². The molecule has 0 aliphatic rings. The number of hydrogen-bond acceptors (Lipinski definition) is 2. The van der Waals surface area contributed by atoms with E-state index >= 15 is 0 Å². The van der Waals surface area contributed by atoms with E-state index in [1.54, 1.807) is 31.3 Å². The van der Waals surface area contributed by atoms with Crippen molar-refractivity contribution < 1.29 is 4.79 Å². The minimum absolute atomic E-state index is 0.176. The van der Waals surface area contributed by atoms with Crippen molar-refractivity contribution >= 4 is 23.2 Å². The first-order valence-corrected chi connectivity index (χ1v) is 5.90. The van der Waals surface area contributed by atoms with Crippen LogP contribution in [0.3, 0.4) is 0 Å². The van der Waals surface area contributed by atoms with Gasteiger partial charge in [-0.1, -0.05) is 41.9 Å². The van der Waals surface area contributed by atoms with E-state index in [1.165, 1.54) is 5.01 Å². The van der Waals surface area contributed by atoms with E-state index in [0.717, 1.165) is 5.69 Å². The molecule has 0 aromatic heterocycles. The highest BCUT2D eigenvalue weighted by atomic mass is 35.5. The molecule has 0 radical (unpaired) electrons. The Morgan fingerprint density at radius 2 is 1.67 bits per heavy atom. The van der Waals surface area contributed by atoms with Crippen molar-refractivity contribution in [3.05, 3.63) is 65.2 Å². The zero-order chi connectivity index (χ0) is 13.0. The van der Waals surface area contributed by atoms with Crippen LogP contribution in [0.15, 0.2) is 54.6 Å². The number of nitrogens with one attached hydrogen (secondary N) is 1. The van der Waals surface area contributed by atoms with Gasteiger partial charge >= 0.3 is 0 Å². The van der Waals surface area contributed by atoms with Crippen molar-refractivity contribution in [1.82, 2.24) is 5.01 Å². The third-order valence-electron chi connectivity index (χ3n) is 2.48. The lowest BCUT2D eigenvalue weighted by atomic mass is 10.2. The quantitative estimate of drug-likeness (QED) is 0.858. The minimum Gasteiger partial charge on any atom is -0.296 e. The summed E-state index contributed by atoms with van der Waals surface area (Å²) < 4.78 is 0. The molecule has 0 bridgehead atoms. The highest BCUT2D eigenvalue weighted by molar-refractivity contribution is 6.33. The number of para-hydroxylation sites is 1. The largest absolute Gasteiger partial charge is 0.296 e. The maximum absolute atomic E-state index is 12.1. The Kier molecular flexibility index (Phi) is 3.85. The third-order valence-corrected chi connectivity index (χ3v) is 2.81. The Hall–Kier alpha value is -2.00. The normalized spacial score (nSPS) is 9.89. The summed E-state index contributed by atoms with van der Waals surface area (Å²) in [6.07, 6.45) is 0. The molecular formula is C14H13ClN2O. The molecule has 0 saturated heterocycles. The van der Waals surface area contributed by atoms with E-state index in [-0.39, 0.29) is 5.91 Å². The fourth-order valence-corrected chi connectivity index (χ4v) is 1.79. The fourth-order valence-electron chi connectivity index (χ4n) is 1.57. The van der Waals surface area contributed by atoms with Gasteiger partial charge in [-0.25, -0.2) is 0 Å². The van der Waals surface area contributed by atoms with Gasteiger partial charge in [-0.3, -0.25) is 15.2 Å². The lowest BCUT2D eigenvalue weighted by Crippen LogP contribution is -2.32. The maximum atomic E-state index is 12.1. The Labute approximate surface area is 111 Å². The summed E-state index contributed by atoms with van der Waals surface area (Å²) in [5, 5.41) is 1.86. The Morgan fingerprint density at radius 1 is 1.06 bits per heavy atom. The molecule has 0 spiro atoms. The molecule has 18 heavy (non-hydrogen) atoms. The number of anilines is 1. The molecule has 92 valence electrons. The van der Waals surface area contributed by atoms with Crippen LogP contribution in [0, 0.1) is 0 Å². The van der Waals surface area contributed by atoms with Crippen LogP contribution >= 0.6 is 11.6 Å². The number of amides is 1. The molecule has 4 heteroatoms. The molecule has 0 aliphatic carbocycles. The number of nitrogens with zero attached hydrogens (tertiary/aromatic N) is 1. The summed E-state index contributed by atoms with van der Waals surface area (Å²) in [6.45, 7) is 0. The van der Waals surface area contributed by atoms with Crippen LogP contribution in [0.4, 0.5) is 5.69 Å². The summed E-state index contributed by atoms with van der Waals surface area (Å²) in [6, 6.07) is 16.5. The average molecular weight is 261 g/mol. The van der Waals surface area contributed by atoms with Crippen LogP contribution in [-0.4, -0.2) is 18.0 Å². The smallest absolute Gasteiger partial charge is 0.273 e. The lowest BCUT2D eigenvalue weighted by molar-refractivity contribution is 0.0826. The standard InChI is InChI=1S/C14H13ClN2O/c1-17(16-11-7-3-2-4-8-11)14(18)12-9-5-6-10-13(12)15/h2-10,16H,1H3. The maximum Gasteiger partial charge on any atom is 0.273 e. The predicted octanol–water partition coefficient (Wildman–Crippen LogP) is 3.44. The van der Waals surface area contributed by atoms with Crippen LogP contribution in [0.1, 0.15) is 10.4 Å². The zero-order valence-corrected chi connectivity index (χ0v) is 10.7. The summed E-state index contributed by atoms with van der Waals surface area (Å²) in [4.78, 5) is 12.1. The van der Waals surface area contributed by atoms with Crippen molar-refractivity contribution in [2.75, 3.05) is 12.5 Å². The van der Waals surface area contributed by atoms with Crippen molar-refractivity contribution in [1.29, 1.82) is 0 Å². The summed E-state index contributed by atoms with van der Waals surface area (Å²) >= 11 is 5.99. The van der Waals surface area contributed by atoms with E-state index in [0.29, 0.717) is 10.6 Å². The summed E-state index contributed by atoms with van der Waals surface area (Å²) in [5.41, 5.74) is 4.32. The molecule has 0 saturated carbocycles. The predicted molar refractivity (Wildman–Crippen MR) is 73.6 cm³/mol. The minimum atomic E-state index is -0.176. The number of benzene rings is 2. The van der Waals surface area contributed by atoms with E-state index in [4.69, 9.17) is 11.6 Å². The van der Waals surface area contributed by atoms with Crippen molar-refractivity contribution in [2.24, 2.45) is 0 Å². The Morgan fingerprint density at radius 3 is 2.33 bits per heavy atom. The molecular weight excluding hydrogens is 248 g/mol. The van der Waals surface area contributed by atoms with E-state index < -0.39 is 0 Å². The van der Waals surface area contributed by atoms with E-state index in [2.05, 4.69) is 5.43 Å². The Bertz CT molecular complexity index is 543. The molecule has 1 amide bonds. The second-order valence-electron chi connectivity index (χ2n) is 3.82. The van der Waals surface area contributed by atoms with Crippen LogP contribution in [0.2, 0.25) is 5.02 Å². The monoisotopic (exact) mass is 260 g/mol. The highest BCUT2D eigenvalue weighted by Crippen LogP contribution is 2.17. The number of rotatable bonds is 3. The van der Waals surface area contributed by atoms with Gasteiger partial charge in [-0.05, 0) is 24.3 Å². The van der Waals surface area contributed by atoms with Crippen LogP contribution < -0.4 is 5.43 Å². The average Bonchev–Trinajstić information content (AvgIpc) is 2.39. The second-order valence-corrected chi connectivity index (χ2v) is 4.23. The van der Waals surface area contributed by atoms with Crippen molar-refractivity contribution in [3.8, 4) is 0 Å². The van der Waals surface area contributed by atoms with Crippen LogP contribution in [-0.2, 0) is 0 Å². The molecule has 2 aromatic rings. The van der Waals surface area contributed by atoms with Crippen molar-refractivity contribution in [2.45, 2.75) is 0 Å². The molecule has 0 fully saturated rings. The van der Waals surface area contributed by atoms with E-state index in [9.17, 15) is 4.79 Å². The van der Waals surface area contributed by atoms with Crippen LogP contribution in [0.5, 0.6) is 0 Å². The first kappa shape index (κ1) is 12.5. The molecule has 0 unspecified atom stereocenters. The van der Waals surface area contributed by atoms with Gasteiger partial charge in [0.05, 0.1) is 16.3 Å². The van der Waals surface area contributed by atoms with Gasteiger partial charge in [0.2, 0.25) is 0 Å². The Balaban J connectivity index is 2.13. The molecule has 3 nitrogen and oxygen atoms in total. The topological polar surface area (TPSA) is 32.3 Å². The van der Waals surface area contributed by atoms with Gasteiger partial charge in [-0.15, -0.1) is 0 Å². The molecule has 2 aromatic carbocycles. The number of halogens is 1.